The molecule has 0 radical (unpaired) electrons. The van der Waals surface area contributed by atoms with Gasteiger partial charge in [0.15, 0.2) is 0 Å². The van der Waals surface area contributed by atoms with Gasteiger partial charge in [-0.2, -0.15) is 5.10 Å². The first kappa shape index (κ1) is 13.1. The van der Waals surface area contributed by atoms with Crippen molar-refractivity contribution in [3.8, 4) is 0 Å². The molecule has 2 aromatic rings. The molecule has 0 aliphatic carbocycles. The van der Waals surface area contributed by atoms with Gasteiger partial charge in [0.1, 0.15) is 0 Å². The second-order valence-electron chi connectivity index (χ2n) is 4.37. The third-order valence-electron chi connectivity index (χ3n) is 2.80. The summed E-state index contributed by atoms with van der Waals surface area (Å²) in [5.41, 5.74) is 8.24. The zero-order valence-electron chi connectivity index (χ0n) is 10.9. The predicted molar refractivity (Wildman–Crippen MR) is 72.4 cm³/mol. The van der Waals surface area contributed by atoms with Crippen molar-refractivity contribution in [2.75, 3.05) is 12.3 Å². The van der Waals surface area contributed by atoms with Crippen molar-refractivity contribution in [2.24, 2.45) is 7.05 Å². The van der Waals surface area contributed by atoms with Crippen LogP contribution < -0.4 is 5.73 Å². The van der Waals surface area contributed by atoms with Crippen molar-refractivity contribution in [3.63, 3.8) is 0 Å². The summed E-state index contributed by atoms with van der Waals surface area (Å²) in [6, 6.07) is 7.30. The Hall–Kier alpha value is -2.30. The van der Waals surface area contributed by atoms with Crippen LogP contribution in [-0.2, 0) is 29.4 Å². The maximum Gasteiger partial charge on any atom is 0.310 e. The van der Waals surface area contributed by atoms with Crippen molar-refractivity contribution in [1.29, 1.82) is 0 Å². The molecule has 0 saturated carbocycles. The number of nitrogens with two attached hydrogens (primary N) is 1. The van der Waals surface area contributed by atoms with Crippen molar-refractivity contribution < 1.29 is 9.53 Å². The highest BCUT2D eigenvalue weighted by molar-refractivity contribution is 5.74. The van der Waals surface area contributed by atoms with Crippen molar-refractivity contribution in [1.82, 2.24) is 9.78 Å². The Kier molecular flexibility index (Phi) is 4.18. The van der Waals surface area contributed by atoms with E-state index in [-0.39, 0.29) is 12.4 Å². The Morgan fingerprint density at radius 2 is 2.21 bits per heavy atom. The molecule has 0 aliphatic heterocycles. The van der Waals surface area contributed by atoms with Gasteiger partial charge in [0.2, 0.25) is 0 Å². The normalized spacial score (nSPS) is 10.4. The fourth-order valence-electron chi connectivity index (χ4n) is 1.79. The van der Waals surface area contributed by atoms with Crippen molar-refractivity contribution >= 4 is 11.7 Å². The van der Waals surface area contributed by atoms with E-state index in [1.165, 1.54) is 0 Å². The first-order valence-electron chi connectivity index (χ1n) is 6.11. The number of benzene rings is 1. The van der Waals surface area contributed by atoms with Gasteiger partial charge in [0.25, 0.3) is 0 Å². The van der Waals surface area contributed by atoms with E-state index in [0.717, 1.165) is 11.1 Å². The number of para-hydroxylation sites is 1. The van der Waals surface area contributed by atoms with E-state index in [4.69, 9.17) is 10.5 Å². The number of carbonyl (C=O) groups excluding carboxylic acids is 1. The Balaban J connectivity index is 1.77. The van der Waals surface area contributed by atoms with Crippen molar-refractivity contribution in [2.45, 2.75) is 12.8 Å². The largest absolute Gasteiger partial charge is 0.465 e. The molecule has 0 aliphatic rings. The summed E-state index contributed by atoms with van der Waals surface area (Å²) in [4.78, 5) is 11.7. The molecule has 0 saturated heterocycles. The maximum absolute atomic E-state index is 11.7. The third kappa shape index (κ3) is 3.84. The van der Waals surface area contributed by atoms with Crippen LogP contribution in [0.15, 0.2) is 36.7 Å². The quantitative estimate of drug-likeness (QED) is 0.649. The molecule has 0 amide bonds. The molecule has 0 unspecified atom stereocenters. The van der Waals surface area contributed by atoms with Gasteiger partial charge in [-0.05, 0) is 17.2 Å². The Morgan fingerprint density at radius 3 is 2.89 bits per heavy atom. The number of anilines is 1. The Morgan fingerprint density at radius 1 is 1.42 bits per heavy atom. The molecular formula is C14H17N3O2. The van der Waals surface area contributed by atoms with Crippen LogP contribution >= 0.6 is 0 Å². The number of nitrogens with zero attached hydrogens (tertiary/aromatic N) is 2. The molecule has 0 atom stereocenters. The van der Waals surface area contributed by atoms with Crippen LogP contribution in [0.2, 0.25) is 0 Å². The van der Waals surface area contributed by atoms with Crippen LogP contribution in [0.1, 0.15) is 11.1 Å². The fraction of sp³-hybridized carbons (Fsp3) is 0.286. The van der Waals surface area contributed by atoms with E-state index < -0.39 is 0 Å². The number of carbonyl (C=O) groups is 1. The summed E-state index contributed by atoms with van der Waals surface area (Å²) >= 11 is 0. The lowest BCUT2D eigenvalue weighted by atomic mass is 10.1. The van der Waals surface area contributed by atoms with Crippen LogP contribution in [0.4, 0.5) is 5.69 Å². The summed E-state index contributed by atoms with van der Waals surface area (Å²) in [7, 11) is 1.85. The molecule has 0 spiro atoms. The number of nitrogen functional groups attached to an aromatic ring is 1. The summed E-state index contributed by atoms with van der Waals surface area (Å²) < 4.78 is 6.91. The first-order chi connectivity index (χ1) is 9.15. The minimum Gasteiger partial charge on any atom is -0.465 e. The monoisotopic (exact) mass is 259 g/mol. The molecule has 1 aromatic heterocycles. The molecule has 2 N–H and O–H groups in total. The molecule has 1 aromatic carbocycles. The second kappa shape index (κ2) is 6.04. The van der Waals surface area contributed by atoms with Crippen LogP contribution in [-0.4, -0.2) is 22.4 Å². The van der Waals surface area contributed by atoms with E-state index in [2.05, 4.69) is 5.10 Å². The average Bonchev–Trinajstić information content (AvgIpc) is 2.78. The Bertz CT molecular complexity index is 563. The van der Waals surface area contributed by atoms with Gasteiger partial charge in [-0.3, -0.25) is 9.48 Å². The molecule has 2 rings (SSSR count). The minimum atomic E-state index is -0.262. The fourth-order valence-corrected chi connectivity index (χ4v) is 1.79. The van der Waals surface area contributed by atoms with Gasteiger partial charge in [-0.15, -0.1) is 0 Å². The minimum absolute atomic E-state index is 0.208. The lowest BCUT2D eigenvalue weighted by Crippen LogP contribution is -2.11. The van der Waals surface area contributed by atoms with E-state index in [9.17, 15) is 4.79 Å². The number of rotatable bonds is 5. The van der Waals surface area contributed by atoms with E-state index in [0.29, 0.717) is 18.7 Å². The average molecular weight is 259 g/mol. The van der Waals surface area contributed by atoms with Gasteiger partial charge < -0.3 is 10.5 Å². The number of aryl methyl sites for hydroxylation is 1. The Labute approximate surface area is 112 Å². The molecule has 0 fully saturated rings. The van der Waals surface area contributed by atoms with Crippen LogP contribution in [0.3, 0.4) is 0 Å². The van der Waals surface area contributed by atoms with Crippen LogP contribution in [0.25, 0.3) is 0 Å². The van der Waals surface area contributed by atoms with Gasteiger partial charge >= 0.3 is 5.97 Å². The summed E-state index contributed by atoms with van der Waals surface area (Å²) in [6.07, 6.45) is 4.55. The van der Waals surface area contributed by atoms with Gasteiger partial charge in [0.05, 0.1) is 19.2 Å². The number of hydrogen-bond donors (Lipinski definition) is 1. The highest BCUT2D eigenvalue weighted by atomic mass is 16.5. The highest BCUT2D eigenvalue weighted by Gasteiger charge is 2.07. The SMILES string of the molecule is Cn1cc(CCOC(=O)Cc2ccccc2N)cn1. The lowest BCUT2D eigenvalue weighted by Gasteiger charge is -2.06. The van der Waals surface area contributed by atoms with Gasteiger partial charge in [-0.25, -0.2) is 0 Å². The van der Waals surface area contributed by atoms with E-state index in [1.807, 2.05) is 31.4 Å². The summed E-state index contributed by atoms with van der Waals surface area (Å²) in [6.45, 7) is 0.358. The van der Waals surface area contributed by atoms with Gasteiger partial charge in [0, 0.05) is 25.4 Å². The predicted octanol–water partition coefficient (Wildman–Crippen LogP) is 1.33. The van der Waals surface area contributed by atoms with E-state index in [1.54, 1.807) is 16.9 Å². The van der Waals surface area contributed by atoms with Gasteiger partial charge in [-0.1, -0.05) is 18.2 Å². The third-order valence-corrected chi connectivity index (χ3v) is 2.80. The van der Waals surface area contributed by atoms with Crippen molar-refractivity contribution in [3.05, 3.63) is 47.8 Å². The standard InChI is InChI=1S/C14H17N3O2/c1-17-10-11(9-16-17)6-7-19-14(18)8-12-4-2-3-5-13(12)15/h2-5,9-10H,6-8,15H2,1H3. The molecule has 1 heterocycles. The van der Waals surface area contributed by atoms with Crippen LogP contribution in [0, 0.1) is 0 Å². The number of hydrogen-bond acceptors (Lipinski definition) is 4. The topological polar surface area (TPSA) is 70.1 Å². The second-order valence-corrected chi connectivity index (χ2v) is 4.37. The maximum atomic E-state index is 11.7. The number of ether oxygens (including phenoxy) is 1. The first-order valence-corrected chi connectivity index (χ1v) is 6.11. The zero-order valence-corrected chi connectivity index (χ0v) is 10.9. The lowest BCUT2D eigenvalue weighted by molar-refractivity contribution is -0.142. The molecule has 0 bridgehead atoms. The number of esters is 1. The molecule has 19 heavy (non-hydrogen) atoms. The molecular weight excluding hydrogens is 242 g/mol. The van der Waals surface area contributed by atoms with E-state index >= 15 is 0 Å². The molecule has 5 nitrogen and oxygen atoms in total. The summed E-state index contributed by atoms with van der Waals surface area (Å²) in [5, 5.41) is 4.05. The highest BCUT2D eigenvalue weighted by Crippen LogP contribution is 2.11. The number of aromatic nitrogens is 2. The van der Waals surface area contributed by atoms with Crippen LogP contribution in [0.5, 0.6) is 0 Å². The zero-order chi connectivity index (χ0) is 13.7. The smallest absolute Gasteiger partial charge is 0.310 e. The summed E-state index contributed by atoms with van der Waals surface area (Å²) in [5.74, 6) is -0.262. The molecule has 100 valence electrons. The molecule has 5 heteroatoms.